The predicted octanol–water partition coefficient (Wildman–Crippen LogP) is 3.81. The van der Waals surface area contributed by atoms with Gasteiger partial charge >= 0.3 is 6.09 Å². The molecule has 6 nitrogen and oxygen atoms in total. The highest BCUT2D eigenvalue weighted by molar-refractivity contribution is 5.95. The highest BCUT2D eigenvalue weighted by Crippen LogP contribution is 2.14. The van der Waals surface area contributed by atoms with Gasteiger partial charge in [-0.3, -0.25) is 20.5 Å². The molecule has 0 bridgehead atoms. The number of amides is 2. The summed E-state index contributed by atoms with van der Waals surface area (Å²) in [5, 5.41) is 4.28. The summed E-state index contributed by atoms with van der Waals surface area (Å²) in [5.41, 5.74) is 4.14. The lowest BCUT2D eigenvalue weighted by Crippen LogP contribution is -2.39. The average molecular weight is 341 g/mol. The maximum absolute atomic E-state index is 12.3. The number of carbonyl (C=O) groups is 2. The SMILES string of the molecule is CN(NC(=O)c1ccc(NC(=O)OC(C)(C)C)cc1)c1ccccc1. The Balaban J connectivity index is 1.95. The first-order valence-electron chi connectivity index (χ1n) is 7.94. The molecule has 0 aliphatic carbocycles. The van der Waals surface area contributed by atoms with Crippen LogP contribution in [-0.2, 0) is 4.74 Å². The Labute approximate surface area is 147 Å². The molecular formula is C19H23N3O3. The van der Waals surface area contributed by atoms with E-state index in [-0.39, 0.29) is 5.91 Å². The lowest BCUT2D eigenvalue weighted by Gasteiger charge is -2.20. The Bertz CT molecular complexity index is 722. The molecule has 0 spiro atoms. The summed E-state index contributed by atoms with van der Waals surface area (Å²) < 4.78 is 5.18. The fourth-order valence-corrected chi connectivity index (χ4v) is 2.06. The second kappa shape index (κ2) is 7.70. The summed E-state index contributed by atoms with van der Waals surface area (Å²) >= 11 is 0. The molecule has 0 unspecified atom stereocenters. The molecule has 25 heavy (non-hydrogen) atoms. The fraction of sp³-hybridized carbons (Fsp3) is 0.263. The molecule has 2 amide bonds. The molecule has 2 N–H and O–H groups in total. The number of nitrogens with zero attached hydrogens (tertiary/aromatic N) is 1. The molecule has 0 heterocycles. The highest BCUT2D eigenvalue weighted by atomic mass is 16.6. The van der Waals surface area contributed by atoms with E-state index in [1.54, 1.807) is 57.1 Å². The highest BCUT2D eigenvalue weighted by Gasteiger charge is 2.16. The van der Waals surface area contributed by atoms with Crippen molar-refractivity contribution in [3.05, 3.63) is 60.2 Å². The largest absolute Gasteiger partial charge is 0.444 e. The third-order valence-corrected chi connectivity index (χ3v) is 3.21. The molecule has 6 heteroatoms. The van der Waals surface area contributed by atoms with E-state index in [0.29, 0.717) is 11.3 Å². The molecule has 0 fully saturated rings. The first-order chi connectivity index (χ1) is 11.7. The molecule has 2 aromatic rings. The van der Waals surface area contributed by atoms with E-state index >= 15 is 0 Å². The summed E-state index contributed by atoms with van der Waals surface area (Å²) in [5.74, 6) is -0.241. The van der Waals surface area contributed by atoms with E-state index in [1.165, 1.54) is 0 Å². The first kappa shape index (κ1) is 18.3. The van der Waals surface area contributed by atoms with Gasteiger partial charge in [-0.15, -0.1) is 0 Å². The van der Waals surface area contributed by atoms with Crippen LogP contribution in [0.5, 0.6) is 0 Å². The summed E-state index contributed by atoms with van der Waals surface area (Å²) in [6, 6.07) is 16.1. The number of benzene rings is 2. The van der Waals surface area contributed by atoms with E-state index in [1.807, 2.05) is 30.3 Å². The van der Waals surface area contributed by atoms with E-state index in [9.17, 15) is 9.59 Å². The van der Waals surface area contributed by atoms with Crippen LogP contribution in [0.15, 0.2) is 54.6 Å². The zero-order valence-corrected chi connectivity index (χ0v) is 14.9. The van der Waals surface area contributed by atoms with Gasteiger partial charge in [0, 0.05) is 18.3 Å². The van der Waals surface area contributed by atoms with Crippen molar-refractivity contribution in [3.8, 4) is 0 Å². The second-order valence-electron chi connectivity index (χ2n) is 6.54. The molecule has 0 saturated heterocycles. The molecule has 132 valence electrons. The normalized spacial score (nSPS) is 10.7. The number of ether oxygens (including phenoxy) is 1. The van der Waals surface area contributed by atoms with Crippen LogP contribution in [0, 0.1) is 0 Å². The predicted molar refractivity (Wildman–Crippen MR) is 98.6 cm³/mol. The molecule has 0 atom stereocenters. The van der Waals surface area contributed by atoms with Crippen LogP contribution in [0.25, 0.3) is 0 Å². The zero-order valence-electron chi connectivity index (χ0n) is 14.9. The van der Waals surface area contributed by atoms with Gasteiger partial charge in [-0.2, -0.15) is 0 Å². The van der Waals surface area contributed by atoms with E-state index in [0.717, 1.165) is 5.69 Å². The number of anilines is 2. The maximum Gasteiger partial charge on any atom is 0.412 e. The third-order valence-electron chi connectivity index (χ3n) is 3.21. The van der Waals surface area contributed by atoms with Crippen LogP contribution in [0.2, 0.25) is 0 Å². The number of rotatable bonds is 4. The van der Waals surface area contributed by atoms with E-state index in [2.05, 4.69) is 10.7 Å². The van der Waals surface area contributed by atoms with Gasteiger partial charge in [0.25, 0.3) is 5.91 Å². The van der Waals surface area contributed by atoms with Gasteiger partial charge in [-0.25, -0.2) is 4.79 Å². The average Bonchev–Trinajstić information content (AvgIpc) is 2.54. The van der Waals surface area contributed by atoms with Crippen LogP contribution in [-0.4, -0.2) is 24.6 Å². The summed E-state index contributed by atoms with van der Waals surface area (Å²) in [6.07, 6.45) is -0.534. The standard InChI is InChI=1S/C19H23N3O3/c1-19(2,3)25-18(24)20-15-12-10-14(11-13-15)17(23)21-22(4)16-8-6-5-7-9-16/h5-13H,1-4H3,(H,20,24)(H,21,23). The van der Waals surface area contributed by atoms with Crippen molar-refractivity contribution in [2.75, 3.05) is 17.4 Å². The lowest BCUT2D eigenvalue weighted by atomic mass is 10.2. The number of hydrogen-bond donors (Lipinski definition) is 2. The summed E-state index contributed by atoms with van der Waals surface area (Å²) in [4.78, 5) is 24.0. The minimum absolute atomic E-state index is 0.241. The molecule has 0 radical (unpaired) electrons. The molecule has 0 saturated carbocycles. The monoisotopic (exact) mass is 341 g/mol. The molecule has 0 aliphatic rings. The second-order valence-corrected chi connectivity index (χ2v) is 6.54. The van der Waals surface area contributed by atoms with Gasteiger partial charge in [-0.05, 0) is 57.2 Å². The lowest BCUT2D eigenvalue weighted by molar-refractivity contribution is 0.0635. The quantitative estimate of drug-likeness (QED) is 0.830. The van der Waals surface area contributed by atoms with E-state index in [4.69, 9.17) is 4.74 Å². The minimum atomic E-state index is -0.564. The number of carbonyl (C=O) groups excluding carboxylic acids is 2. The molecule has 0 aromatic heterocycles. The van der Waals surface area contributed by atoms with Crippen molar-refractivity contribution >= 4 is 23.4 Å². The van der Waals surface area contributed by atoms with Crippen molar-refractivity contribution < 1.29 is 14.3 Å². The van der Waals surface area contributed by atoms with Crippen molar-refractivity contribution in [1.82, 2.24) is 5.43 Å². The Morgan fingerprint density at radius 2 is 1.56 bits per heavy atom. The van der Waals surface area contributed by atoms with Gasteiger partial charge < -0.3 is 4.74 Å². The van der Waals surface area contributed by atoms with Crippen molar-refractivity contribution in [1.29, 1.82) is 0 Å². The number of nitrogens with one attached hydrogen (secondary N) is 2. The Hall–Kier alpha value is -3.02. The number of para-hydroxylation sites is 1. The van der Waals surface area contributed by atoms with Crippen molar-refractivity contribution in [2.24, 2.45) is 0 Å². The third kappa shape index (κ3) is 5.84. The molecule has 0 aliphatic heterocycles. The topological polar surface area (TPSA) is 70.7 Å². The van der Waals surface area contributed by atoms with Gasteiger partial charge in [0.1, 0.15) is 5.60 Å². The summed E-state index contributed by atoms with van der Waals surface area (Å²) in [7, 11) is 1.77. The molecule has 2 aromatic carbocycles. The van der Waals surface area contributed by atoms with Crippen LogP contribution in [0.3, 0.4) is 0 Å². The summed E-state index contributed by atoms with van der Waals surface area (Å²) in [6.45, 7) is 5.38. The smallest absolute Gasteiger partial charge is 0.412 e. The van der Waals surface area contributed by atoms with Crippen LogP contribution in [0.4, 0.5) is 16.2 Å². The van der Waals surface area contributed by atoms with Gasteiger partial charge in [0.05, 0.1) is 5.69 Å². The van der Waals surface area contributed by atoms with Crippen LogP contribution < -0.4 is 15.8 Å². The van der Waals surface area contributed by atoms with Crippen molar-refractivity contribution in [3.63, 3.8) is 0 Å². The molecule has 2 rings (SSSR count). The Morgan fingerprint density at radius 1 is 0.960 bits per heavy atom. The van der Waals surface area contributed by atoms with Crippen LogP contribution >= 0.6 is 0 Å². The minimum Gasteiger partial charge on any atom is -0.444 e. The fourth-order valence-electron chi connectivity index (χ4n) is 2.06. The Kier molecular flexibility index (Phi) is 5.64. The van der Waals surface area contributed by atoms with Crippen molar-refractivity contribution in [2.45, 2.75) is 26.4 Å². The first-order valence-corrected chi connectivity index (χ1v) is 7.94. The number of hydrogen-bond acceptors (Lipinski definition) is 4. The maximum atomic E-state index is 12.3. The van der Waals surface area contributed by atoms with Gasteiger partial charge in [-0.1, -0.05) is 18.2 Å². The van der Waals surface area contributed by atoms with E-state index < -0.39 is 11.7 Å². The van der Waals surface area contributed by atoms with Crippen LogP contribution in [0.1, 0.15) is 31.1 Å². The van der Waals surface area contributed by atoms with Gasteiger partial charge in [0.15, 0.2) is 0 Å². The molecular weight excluding hydrogens is 318 g/mol. The number of hydrazine groups is 1. The Morgan fingerprint density at radius 3 is 2.12 bits per heavy atom. The zero-order chi connectivity index (χ0) is 18.4. The van der Waals surface area contributed by atoms with Gasteiger partial charge in [0.2, 0.25) is 0 Å².